The molecule has 1 aliphatic heterocycles. The fourth-order valence-corrected chi connectivity index (χ4v) is 4.95. The van der Waals surface area contributed by atoms with Crippen LogP contribution < -0.4 is 0 Å². The maximum atomic E-state index is 13.5. The number of nitrogens with zero attached hydrogens (tertiary/aromatic N) is 2. The van der Waals surface area contributed by atoms with Crippen LogP contribution in [0, 0.1) is 0 Å². The van der Waals surface area contributed by atoms with Crippen LogP contribution in [0.15, 0.2) is 64.7 Å². The molecule has 10 heteroatoms. The minimum atomic E-state index is -4.53. The summed E-state index contributed by atoms with van der Waals surface area (Å²) in [5.74, 6) is -0.559. The topological polar surface area (TPSA) is 53.4 Å². The van der Waals surface area contributed by atoms with E-state index >= 15 is 0 Å². The monoisotopic (exact) mass is 512 g/mol. The van der Waals surface area contributed by atoms with Crippen molar-refractivity contribution in [3.05, 3.63) is 75.9 Å². The molecule has 1 aromatic heterocycles. The third kappa shape index (κ3) is 3.99. The highest BCUT2D eigenvalue weighted by atomic mass is 79.9. The van der Waals surface area contributed by atoms with Crippen LogP contribution in [-0.2, 0) is 32.8 Å². The molecule has 0 fully saturated rings. The van der Waals surface area contributed by atoms with Gasteiger partial charge in [-0.3, -0.25) is 9.36 Å². The van der Waals surface area contributed by atoms with Crippen molar-refractivity contribution in [3.8, 4) is 0 Å². The predicted octanol–water partition coefficient (Wildman–Crippen LogP) is 5.49. The normalized spacial score (nSPS) is 21.0. The van der Waals surface area contributed by atoms with Crippen molar-refractivity contribution < 1.29 is 27.4 Å². The van der Waals surface area contributed by atoms with Crippen molar-refractivity contribution in [2.75, 3.05) is 7.11 Å². The molecule has 0 radical (unpaired) electrons. The van der Waals surface area contributed by atoms with Crippen LogP contribution in [0.3, 0.4) is 0 Å². The van der Waals surface area contributed by atoms with Crippen LogP contribution in [-0.4, -0.2) is 27.9 Å². The second-order valence-electron chi connectivity index (χ2n) is 6.79. The number of carbonyl (C=O) groups is 1. The summed E-state index contributed by atoms with van der Waals surface area (Å²) in [6.07, 6.45) is -1.36. The zero-order chi connectivity index (χ0) is 22.2. The molecule has 0 spiro atoms. The molecule has 162 valence electrons. The van der Waals surface area contributed by atoms with Gasteiger partial charge >= 0.3 is 12.1 Å². The Morgan fingerprint density at radius 1 is 1.29 bits per heavy atom. The largest absolute Gasteiger partial charge is 0.468 e. The summed E-state index contributed by atoms with van der Waals surface area (Å²) >= 11 is 4.60. The van der Waals surface area contributed by atoms with Crippen LogP contribution in [0.2, 0.25) is 0 Å². The molecule has 0 aliphatic carbocycles. The number of esters is 1. The van der Waals surface area contributed by atoms with Crippen molar-refractivity contribution in [2.24, 2.45) is 0 Å². The number of thioether (sulfide) groups is 1. The van der Waals surface area contributed by atoms with Crippen molar-refractivity contribution in [1.29, 1.82) is 0 Å². The molecule has 0 saturated heterocycles. The summed E-state index contributed by atoms with van der Waals surface area (Å²) in [6, 6.07) is 10.6. The Balaban J connectivity index is 1.81. The first kappa shape index (κ1) is 21.9. The highest BCUT2D eigenvalue weighted by Gasteiger charge is 2.49. The van der Waals surface area contributed by atoms with Gasteiger partial charge in [-0.15, -0.1) is 11.8 Å². The zero-order valence-corrected chi connectivity index (χ0v) is 18.5. The number of aromatic nitrogens is 2. The molecule has 0 N–H and O–H groups in total. The summed E-state index contributed by atoms with van der Waals surface area (Å²) in [4.78, 5) is 16.9. The van der Waals surface area contributed by atoms with E-state index in [9.17, 15) is 18.0 Å². The Bertz CT molecular complexity index is 1160. The van der Waals surface area contributed by atoms with Gasteiger partial charge in [0.15, 0.2) is 11.0 Å². The first-order valence-corrected chi connectivity index (χ1v) is 10.8. The van der Waals surface area contributed by atoms with Gasteiger partial charge in [0.2, 0.25) is 0 Å². The van der Waals surface area contributed by atoms with Crippen molar-refractivity contribution in [3.63, 3.8) is 0 Å². The first-order valence-electron chi connectivity index (χ1n) is 9.09. The average molecular weight is 513 g/mol. The summed E-state index contributed by atoms with van der Waals surface area (Å²) < 4.78 is 53.9. The third-order valence-corrected chi connectivity index (χ3v) is 6.57. The minimum absolute atomic E-state index is 0.0334. The molecule has 2 aromatic carbocycles. The van der Waals surface area contributed by atoms with Gasteiger partial charge in [0.05, 0.1) is 36.6 Å². The Kier molecular flexibility index (Phi) is 5.89. The number of fused-ring (bicyclic) bond motifs is 1. The van der Waals surface area contributed by atoms with Crippen LogP contribution >= 0.6 is 27.7 Å². The van der Waals surface area contributed by atoms with Crippen LogP contribution in [0.1, 0.15) is 11.1 Å². The van der Waals surface area contributed by atoms with Gasteiger partial charge in [0.1, 0.15) is 0 Å². The molecule has 5 nitrogen and oxygen atoms in total. The van der Waals surface area contributed by atoms with E-state index in [2.05, 4.69) is 20.9 Å². The van der Waals surface area contributed by atoms with Crippen LogP contribution in [0.25, 0.3) is 11.0 Å². The minimum Gasteiger partial charge on any atom is -0.468 e. The maximum Gasteiger partial charge on any atom is 0.416 e. The van der Waals surface area contributed by atoms with E-state index in [0.29, 0.717) is 11.0 Å². The van der Waals surface area contributed by atoms with Crippen molar-refractivity contribution >= 4 is 44.7 Å². The van der Waals surface area contributed by atoms with E-state index in [4.69, 9.17) is 9.47 Å². The SMILES string of the molecule is COC(=O)C1SC=CC1(OCc1ccccc1C(F)(F)F)n1cnc2ccc(Br)cc21. The number of imidazole rings is 1. The number of alkyl halides is 3. The van der Waals surface area contributed by atoms with E-state index in [-0.39, 0.29) is 12.2 Å². The fourth-order valence-electron chi connectivity index (χ4n) is 3.51. The number of benzene rings is 2. The summed E-state index contributed by atoms with van der Waals surface area (Å²) in [5, 5.41) is 0.813. The molecule has 1 aliphatic rings. The predicted molar refractivity (Wildman–Crippen MR) is 114 cm³/mol. The van der Waals surface area contributed by atoms with Crippen molar-refractivity contribution in [2.45, 2.75) is 23.8 Å². The molecule has 0 saturated carbocycles. The fraction of sp³-hybridized carbons (Fsp3) is 0.238. The molecular weight excluding hydrogens is 497 g/mol. The van der Waals surface area contributed by atoms with Gasteiger partial charge in [-0.1, -0.05) is 34.1 Å². The lowest BCUT2D eigenvalue weighted by Crippen LogP contribution is -2.46. The summed E-state index contributed by atoms with van der Waals surface area (Å²) in [7, 11) is 1.26. The van der Waals surface area contributed by atoms with Gasteiger partial charge in [-0.25, -0.2) is 4.98 Å². The molecule has 0 amide bonds. The van der Waals surface area contributed by atoms with Gasteiger partial charge in [0.25, 0.3) is 0 Å². The number of carbonyl (C=O) groups excluding carboxylic acids is 1. The van der Waals surface area contributed by atoms with E-state index in [1.165, 1.54) is 43.4 Å². The quantitative estimate of drug-likeness (QED) is 0.423. The van der Waals surface area contributed by atoms with E-state index < -0.39 is 28.7 Å². The molecule has 31 heavy (non-hydrogen) atoms. The van der Waals surface area contributed by atoms with Crippen LogP contribution in [0.5, 0.6) is 0 Å². The zero-order valence-electron chi connectivity index (χ0n) is 16.1. The molecule has 0 bridgehead atoms. The Hall–Kier alpha value is -2.30. The van der Waals surface area contributed by atoms with Crippen LogP contribution in [0.4, 0.5) is 13.2 Å². The average Bonchev–Trinajstić information content (AvgIpc) is 3.35. The van der Waals surface area contributed by atoms with Gasteiger partial charge in [-0.05, 0) is 41.3 Å². The Labute approximate surface area is 188 Å². The molecule has 4 rings (SSSR count). The standard InChI is InChI=1S/C21H16BrF3N2O3S/c1-29-19(28)18-20(8-9-31-18,27-12-26-16-7-6-14(22)10-17(16)27)30-11-13-4-2-3-5-15(13)21(23,24)25/h2-10,12,18H,11H2,1H3. The second kappa shape index (κ2) is 8.33. The van der Waals surface area contributed by atoms with Gasteiger partial charge in [0, 0.05) is 4.47 Å². The molecule has 3 aromatic rings. The third-order valence-electron chi connectivity index (χ3n) is 4.98. The van der Waals surface area contributed by atoms with E-state index in [1.807, 2.05) is 12.1 Å². The maximum absolute atomic E-state index is 13.5. The number of methoxy groups -OCH3 is 1. The number of hydrogen-bond donors (Lipinski definition) is 0. The highest BCUT2D eigenvalue weighted by Crippen LogP contribution is 2.44. The lowest BCUT2D eigenvalue weighted by molar-refractivity contribution is -0.153. The first-order chi connectivity index (χ1) is 14.8. The Morgan fingerprint density at radius 3 is 2.81 bits per heavy atom. The van der Waals surface area contributed by atoms with Gasteiger partial charge < -0.3 is 9.47 Å². The molecule has 2 unspecified atom stereocenters. The van der Waals surface area contributed by atoms with Gasteiger partial charge in [-0.2, -0.15) is 13.2 Å². The number of halogens is 4. The summed E-state index contributed by atoms with van der Waals surface area (Å²) in [6.45, 7) is -0.373. The lowest BCUT2D eigenvalue weighted by atomic mass is 10.1. The molecule has 2 heterocycles. The number of ether oxygens (including phenoxy) is 2. The summed E-state index contributed by atoms with van der Waals surface area (Å²) in [5.41, 5.74) is -0.941. The second-order valence-corrected chi connectivity index (χ2v) is 8.72. The highest BCUT2D eigenvalue weighted by molar-refractivity contribution is 9.10. The van der Waals surface area contributed by atoms with E-state index in [0.717, 1.165) is 10.5 Å². The van der Waals surface area contributed by atoms with Crippen molar-refractivity contribution in [1.82, 2.24) is 9.55 Å². The smallest absolute Gasteiger partial charge is 0.416 e. The molecule has 2 atom stereocenters. The van der Waals surface area contributed by atoms with E-state index in [1.54, 1.807) is 22.1 Å². The molecular formula is C21H16BrF3N2O3S. The number of hydrogen-bond acceptors (Lipinski definition) is 5. The number of rotatable bonds is 5. The Morgan fingerprint density at radius 2 is 2.06 bits per heavy atom. The lowest BCUT2D eigenvalue weighted by Gasteiger charge is -2.34.